The number of benzene rings is 2. The van der Waals surface area contributed by atoms with Gasteiger partial charge in [0.2, 0.25) is 5.91 Å². The molecule has 4 aromatic rings. The van der Waals surface area contributed by atoms with E-state index in [1.807, 2.05) is 18.2 Å². The first-order valence-corrected chi connectivity index (χ1v) is 10.1. The van der Waals surface area contributed by atoms with Crippen LogP contribution in [0.15, 0.2) is 60.9 Å². The molecule has 2 aromatic carbocycles. The van der Waals surface area contributed by atoms with Crippen molar-refractivity contribution in [3.8, 4) is 11.4 Å². The maximum atomic E-state index is 13.0. The molecule has 4 N–H and O–H groups in total. The van der Waals surface area contributed by atoms with Crippen molar-refractivity contribution in [3.63, 3.8) is 0 Å². The van der Waals surface area contributed by atoms with Crippen LogP contribution in [0.2, 0.25) is 10.0 Å². The summed E-state index contributed by atoms with van der Waals surface area (Å²) >= 11 is 12.0. The van der Waals surface area contributed by atoms with Crippen molar-refractivity contribution in [2.45, 2.75) is 12.5 Å². The number of aromatic nitrogens is 3. The SMILES string of the molecule is NC(=O)C(Cc1ccc(Cl)c(Cl)c1)NC(=O)c1cccc2[nH]c(-c3ccncc3)nc12. The Morgan fingerprint density at radius 2 is 1.84 bits per heavy atom. The van der Waals surface area contributed by atoms with Crippen LogP contribution in [-0.2, 0) is 11.2 Å². The van der Waals surface area contributed by atoms with Crippen molar-refractivity contribution >= 4 is 46.0 Å². The number of H-pyrrole nitrogens is 1. The molecular formula is C22H17Cl2N5O2. The van der Waals surface area contributed by atoms with Gasteiger partial charge in [-0.25, -0.2) is 4.98 Å². The molecule has 31 heavy (non-hydrogen) atoms. The molecule has 2 heterocycles. The lowest BCUT2D eigenvalue weighted by atomic mass is 10.0. The summed E-state index contributed by atoms with van der Waals surface area (Å²) in [7, 11) is 0. The largest absolute Gasteiger partial charge is 0.368 e. The van der Waals surface area contributed by atoms with Gasteiger partial charge in [0.1, 0.15) is 17.4 Å². The van der Waals surface area contributed by atoms with Crippen molar-refractivity contribution in [1.29, 1.82) is 0 Å². The quantitative estimate of drug-likeness (QED) is 0.412. The summed E-state index contributed by atoms with van der Waals surface area (Å²) in [5, 5.41) is 3.47. The highest BCUT2D eigenvalue weighted by atomic mass is 35.5. The highest BCUT2D eigenvalue weighted by Crippen LogP contribution is 2.24. The number of nitrogens with one attached hydrogen (secondary N) is 2. The number of nitrogens with zero attached hydrogens (tertiary/aromatic N) is 2. The van der Waals surface area contributed by atoms with Crippen LogP contribution >= 0.6 is 23.2 Å². The summed E-state index contributed by atoms with van der Waals surface area (Å²) in [6.45, 7) is 0. The Bertz CT molecular complexity index is 1270. The Morgan fingerprint density at radius 1 is 1.06 bits per heavy atom. The zero-order valence-corrected chi connectivity index (χ0v) is 17.6. The number of hydrogen-bond acceptors (Lipinski definition) is 4. The number of imidazole rings is 1. The minimum absolute atomic E-state index is 0.177. The molecule has 0 saturated heterocycles. The van der Waals surface area contributed by atoms with Crippen molar-refractivity contribution in [2.24, 2.45) is 5.73 Å². The van der Waals surface area contributed by atoms with Gasteiger partial charge in [-0.3, -0.25) is 14.6 Å². The smallest absolute Gasteiger partial charge is 0.254 e. The molecular weight excluding hydrogens is 437 g/mol. The lowest BCUT2D eigenvalue weighted by Crippen LogP contribution is -2.45. The predicted octanol–water partition coefficient (Wildman–Crippen LogP) is 3.76. The average molecular weight is 454 g/mol. The maximum Gasteiger partial charge on any atom is 0.254 e. The summed E-state index contributed by atoms with van der Waals surface area (Å²) in [5.41, 5.74) is 8.60. The number of pyridine rings is 1. The van der Waals surface area contributed by atoms with Gasteiger partial charge < -0.3 is 16.0 Å². The van der Waals surface area contributed by atoms with E-state index in [1.54, 1.807) is 42.7 Å². The number of amides is 2. The fourth-order valence-electron chi connectivity index (χ4n) is 3.22. The minimum atomic E-state index is -0.932. The fourth-order valence-corrected chi connectivity index (χ4v) is 3.54. The molecule has 7 nitrogen and oxygen atoms in total. The summed E-state index contributed by atoms with van der Waals surface area (Å²) in [5.74, 6) is -0.506. The van der Waals surface area contributed by atoms with Crippen LogP contribution in [0.5, 0.6) is 0 Å². The molecule has 2 amide bonds. The van der Waals surface area contributed by atoms with Gasteiger partial charge in [0, 0.05) is 24.4 Å². The van der Waals surface area contributed by atoms with E-state index < -0.39 is 17.9 Å². The molecule has 0 fully saturated rings. The number of aromatic amines is 1. The van der Waals surface area contributed by atoms with Crippen LogP contribution in [0.1, 0.15) is 15.9 Å². The second-order valence-corrected chi connectivity index (χ2v) is 7.72. The lowest BCUT2D eigenvalue weighted by molar-refractivity contribution is -0.119. The van der Waals surface area contributed by atoms with E-state index in [0.717, 1.165) is 11.1 Å². The van der Waals surface area contributed by atoms with Gasteiger partial charge >= 0.3 is 0 Å². The first-order chi connectivity index (χ1) is 14.9. The zero-order chi connectivity index (χ0) is 22.0. The maximum absolute atomic E-state index is 13.0. The molecule has 0 saturated carbocycles. The van der Waals surface area contributed by atoms with E-state index in [2.05, 4.69) is 20.3 Å². The Hall–Kier alpha value is -3.42. The van der Waals surface area contributed by atoms with Crippen LogP contribution < -0.4 is 11.1 Å². The third-order valence-electron chi connectivity index (χ3n) is 4.78. The first-order valence-electron chi connectivity index (χ1n) is 9.35. The van der Waals surface area contributed by atoms with E-state index in [0.29, 0.717) is 32.5 Å². The Balaban J connectivity index is 1.61. The number of halogens is 2. The van der Waals surface area contributed by atoms with Gasteiger partial charge in [0.05, 0.1) is 21.1 Å². The van der Waals surface area contributed by atoms with Gasteiger partial charge in [-0.15, -0.1) is 0 Å². The van der Waals surface area contributed by atoms with Gasteiger partial charge in [0.25, 0.3) is 5.91 Å². The number of carbonyl (C=O) groups excluding carboxylic acids is 2. The monoisotopic (exact) mass is 453 g/mol. The molecule has 0 spiro atoms. The van der Waals surface area contributed by atoms with E-state index >= 15 is 0 Å². The normalized spacial score (nSPS) is 11.9. The average Bonchev–Trinajstić information content (AvgIpc) is 3.20. The molecule has 0 aliphatic rings. The van der Waals surface area contributed by atoms with Crippen molar-refractivity contribution in [1.82, 2.24) is 20.3 Å². The molecule has 0 radical (unpaired) electrons. The van der Waals surface area contributed by atoms with Crippen molar-refractivity contribution < 1.29 is 9.59 Å². The molecule has 2 aromatic heterocycles. The molecule has 4 rings (SSSR count). The van der Waals surface area contributed by atoms with Crippen molar-refractivity contribution in [2.75, 3.05) is 0 Å². The van der Waals surface area contributed by atoms with E-state index in [-0.39, 0.29) is 6.42 Å². The zero-order valence-electron chi connectivity index (χ0n) is 16.1. The number of primary amides is 1. The van der Waals surface area contributed by atoms with E-state index in [1.165, 1.54) is 0 Å². The first kappa shape index (κ1) is 20.8. The van der Waals surface area contributed by atoms with Crippen LogP contribution in [0.25, 0.3) is 22.4 Å². The minimum Gasteiger partial charge on any atom is -0.368 e. The number of nitrogens with two attached hydrogens (primary N) is 1. The summed E-state index contributed by atoms with van der Waals surface area (Å²) in [6, 6.07) is 12.9. The molecule has 1 unspecified atom stereocenters. The second-order valence-electron chi connectivity index (χ2n) is 6.90. The summed E-state index contributed by atoms with van der Waals surface area (Å²) in [6.07, 6.45) is 3.50. The van der Waals surface area contributed by atoms with Crippen LogP contribution in [0, 0.1) is 0 Å². The molecule has 156 valence electrons. The molecule has 9 heteroatoms. The Morgan fingerprint density at radius 3 is 2.55 bits per heavy atom. The Labute approximate surface area is 187 Å². The Kier molecular flexibility index (Phi) is 5.88. The van der Waals surface area contributed by atoms with E-state index in [4.69, 9.17) is 28.9 Å². The van der Waals surface area contributed by atoms with Gasteiger partial charge in [-0.1, -0.05) is 35.3 Å². The van der Waals surface area contributed by atoms with Crippen LogP contribution in [0.3, 0.4) is 0 Å². The predicted molar refractivity (Wildman–Crippen MR) is 120 cm³/mol. The topological polar surface area (TPSA) is 114 Å². The third-order valence-corrected chi connectivity index (χ3v) is 5.52. The third kappa shape index (κ3) is 4.52. The fraction of sp³-hybridized carbons (Fsp3) is 0.0909. The number of fused-ring (bicyclic) bond motifs is 1. The van der Waals surface area contributed by atoms with Gasteiger partial charge in [-0.05, 0) is 42.0 Å². The van der Waals surface area contributed by atoms with Gasteiger partial charge in [-0.2, -0.15) is 0 Å². The summed E-state index contributed by atoms with van der Waals surface area (Å²) in [4.78, 5) is 36.8. The van der Waals surface area contributed by atoms with Gasteiger partial charge in [0.15, 0.2) is 0 Å². The van der Waals surface area contributed by atoms with Crippen LogP contribution in [-0.4, -0.2) is 32.8 Å². The number of hydrogen-bond donors (Lipinski definition) is 3. The number of rotatable bonds is 6. The highest BCUT2D eigenvalue weighted by molar-refractivity contribution is 6.42. The second kappa shape index (κ2) is 8.75. The number of para-hydroxylation sites is 1. The lowest BCUT2D eigenvalue weighted by Gasteiger charge is -2.16. The highest BCUT2D eigenvalue weighted by Gasteiger charge is 2.22. The summed E-state index contributed by atoms with van der Waals surface area (Å²) < 4.78 is 0. The number of carbonyl (C=O) groups is 2. The van der Waals surface area contributed by atoms with Crippen molar-refractivity contribution in [3.05, 3.63) is 82.1 Å². The standard InChI is InChI=1S/C22H17Cl2N5O2/c23-15-5-4-12(10-16(15)24)11-18(20(25)30)28-22(31)14-2-1-3-17-19(14)29-21(27-17)13-6-8-26-9-7-13/h1-10,18H,11H2,(H2,25,30)(H,27,29)(H,28,31). The van der Waals surface area contributed by atoms with E-state index in [9.17, 15) is 9.59 Å². The molecule has 1 atom stereocenters. The van der Waals surface area contributed by atoms with Crippen LogP contribution in [0.4, 0.5) is 0 Å². The molecule has 0 bridgehead atoms. The molecule has 0 aliphatic carbocycles. The molecule has 0 aliphatic heterocycles.